The summed E-state index contributed by atoms with van der Waals surface area (Å²) in [5.41, 5.74) is 1.06. The fraction of sp³-hybridized carbons (Fsp3) is 0.286. The monoisotopic (exact) mass is 241 g/mol. The molecule has 0 spiro atoms. The molecule has 0 saturated heterocycles. The van der Waals surface area contributed by atoms with E-state index in [0.717, 1.165) is 5.56 Å². The average molecular weight is 241 g/mol. The van der Waals surface area contributed by atoms with Gasteiger partial charge in [0.15, 0.2) is 12.0 Å². The zero-order valence-corrected chi connectivity index (χ0v) is 9.97. The van der Waals surface area contributed by atoms with Gasteiger partial charge in [-0.05, 0) is 18.4 Å². The molecule has 1 aromatic heterocycles. The van der Waals surface area contributed by atoms with E-state index in [1.54, 1.807) is 11.6 Å². The van der Waals surface area contributed by atoms with Crippen LogP contribution in [-0.2, 0) is 0 Å². The maximum absolute atomic E-state index is 13.9. The summed E-state index contributed by atoms with van der Waals surface area (Å²) in [6.07, 6.45) is -0.658. The van der Waals surface area contributed by atoms with Crippen LogP contribution in [0.15, 0.2) is 30.3 Å². The number of rotatable bonds is 1. The van der Waals surface area contributed by atoms with Crippen molar-refractivity contribution in [1.29, 1.82) is 0 Å². The molecule has 1 aromatic carbocycles. The summed E-state index contributed by atoms with van der Waals surface area (Å²) < 4.78 is 15.6. The normalized spacial score (nSPS) is 21.2. The van der Waals surface area contributed by atoms with Crippen LogP contribution in [0.25, 0.3) is 0 Å². The number of halogens is 1. The SMILES string of the molecule is CC#Cc1nc2n(n1)C(c1ccccc1)CC2F. The zero-order chi connectivity index (χ0) is 12.5. The molecule has 2 unspecified atom stereocenters. The second-order valence-electron chi connectivity index (χ2n) is 4.24. The first-order valence-electron chi connectivity index (χ1n) is 5.88. The van der Waals surface area contributed by atoms with E-state index < -0.39 is 6.17 Å². The van der Waals surface area contributed by atoms with Crippen molar-refractivity contribution in [1.82, 2.24) is 14.8 Å². The van der Waals surface area contributed by atoms with E-state index in [2.05, 4.69) is 21.9 Å². The first-order valence-corrected chi connectivity index (χ1v) is 5.88. The fourth-order valence-electron chi connectivity index (χ4n) is 2.30. The third-order valence-corrected chi connectivity index (χ3v) is 3.08. The summed E-state index contributed by atoms with van der Waals surface area (Å²) in [5, 5.41) is 4.28. The van der Waals surface area contributed by atoms with Crippen LogP contribution >= 0.6 is 0 Å². The Hall–Kier alpha value is -2.15. The van der Waals surface area contributed by atoms with E-state index in [1.807, 2.05) is 30.3 Å². The lowest BCUT2D eigenvalue weighted by atomic mass is 10.0. The van der Waals surface area contributed by atoms with Gasteiger partial charge in [-0.1, -0.05) is 36.3 Å². The molecule has 0 radical (unpaired) electrons. The maximum Gasteiger partial charge on any atom is 0.225 e. The highest BCUT2D eigenvalue weighted by Gasteiger charge is 2.34. The predicted molar refractivity (Wildman–Crippen MR) is 65.6 cm³/mol. The van der Waals surface area contributed by atoms with Crippen LogP contribution in [0.2, 0.25) is 0 Å². The Labute approximate surface area is 105 Å². The van der Waals surface area contributed by atoms with Crippen molar-refractivity contribution in [2.24, 2.45) is 0 Å². The van der Waals surface area contributed by atoms with Gasteiger partial charge in [0.25, 0.3) is 0 Å². The van der Waals surface area contributed by atoms with Gasteiger partial charge in [-0.2, -0.15) is 0 Å². The first-order chi connectivity index (χ1) is 8.79. The van der Waals surface area contributed by atoms with Crippen LogP contribution in [0.1, 0.15) is 42.8 Å². The molecule has 2 atom stereocenters. The van der Waals surface area contributed by atoms with Crippen LogP contribution in [0.3, 0.4) is 0 Å². The summed E-state index contributed by atoms with van der Waals surface area (Å²) >= 11 is 0. The van der Waals surface area contributed by atoms with Crippen LogP contribution in [0, 0.1) is 11.8 Å². The van der Waals surface area contributed by atoms with Crippen LogP contribution in [0.5, 0.6) is 0 Å². The Morgan fingerprint density at radius 2 is 2.11 bits per heavy atom. The highest BCUT2D eigenvalue weighted by Crippen LogP contribution is 2.38. The highest BCUT2D eigenvalue weighted by atomic mass is 19.1. The Balaban J connectivity index is 2.04. The largest absolute Gasteiger partial charge is 0.239 e. The summed E-state index contributed by atoms with van der Waals surface area (Å²) in [4.78, 5) is 4.14. The Morgan fingerprint density at radius 3 is 2.83 bits per heavy atom. The van der Waals surface area contributed by atoms with Gasteiger partial charge in [-0.3, -0.25) is 0 Å². The van der Waals surface area contributed by atoms with Crippen molar-refractivity contribution in [3.63, 3.8) is 0 Å². The molecule has 4 heteroatoms. The molecule has 2 aromatic rings. The molecule has 3 rings (SSSR count). The van der Waals surface area contributed by atoms with Crippen molar-refractivity contribution in [2.45, 2.75) is 25.6 Å². The quantitative estimate of drug-likeness (QED) is 0.719. The van der Waals surface area contributed by atoms with E-state index in [1.165, 1.54) is 0 Å². The van der Waals surface area contributed by atoms with Crippen molar-refractivity contribution in [2.75, 3.05) is 0 Å². The first kappa shape index (κ1) is 11.0. The topological polar surface area (TPSA) is 30.7 Å². The second-order valence-corrected chi connectivity index (χ2v) is 4.24. The van der Waals surface area contributed by atoms with Gasteiger partial charge in [-0.15, -0.1) is 5.10 Å². The van der Waals surface area contributed by atoms with Crippen molar-refractivity contribution >= 4 is 0 Å². The van der Waals surface area contributed by atoms with Crippen molar-refractivity contribution < 1.29 is 4.39 Å². The van der Waals surface area contributed by atoms with Gasteiger partial charge in [-0.25, -0.2) is 14.1 Å². The summed E-state index contributed by atoms with van der Waals surface area (Å²) in [5.74, 6) is 6.29. The predicted octanol–water partition coefficient (Wildman–Crippen LogP) is 2.65. The number of benzene rings is 1. The van der Waals surface area contributed by atoms with E-state index in [4.69, 9.17) is 0 Å². The number of nitrogens with zero attached hydrogens (tertiary/aromatic N) is 3. The van der Waals surface area contributed by atoms with Crippen LogP contribution < -0.4 is 0 Å². The molecule has 3 nitrogen and oxygen atoms in total. The molecule has 2 heterocycles. The highest BCUT2D eigenvalue weighted by molar-refractivity contribution is 5.26. The third kappa shape index (κ3) is 1.68. The smallest absolute Gasteiger partial charge is 0.225 e. The number of alkyl halides is 1. The van der Waals surface area contributed by atoms with Gasteiger partial charge >= 0.3 is 0 Å². The molecular formula is C14H12FN3. The molecule has 0 fully saturated rings. The summed E-state index contributed by atoms with van der Waals surface area (Å²) in [7, 11) is 0. The number of aromatic nitrogens is 3. The lowest BCUT2D eigenvalue weighted by Gasteiger charge is -2.10. The van der Waals surface area contributed by atoms with Gasteiger partial charge in [0.2, 0.25) is 5.82 Å². The minimum absolute atomic E-state index is 0.0730. The molecule has 0 amide bonds. The van der Waals surface area contributed by atoms with Gasteiger partial charge in [0.1, 0.15) is 0 Å². The molecular weight excluding hydrogens is 229 g/mol. The van der Waals surface area contributed by atoms with Gasteiger partial charge < -0.3 is 0 Å². The van der Waals surface area contributed by atoms with E-state index in [0.29, 0.717) is 18.1 Å². The number of fused-ring (bicyclic) bond motifs is 1. The number of hydrogen-bond donors (Lipinski definition) is 0. The number of hydrogen-bond acceptors (Lipinski definition) is 2. The van der Waals surface area contributed by atoms with Crippen LogP contribution in [-0.4, -0.2) is 14.8 Å². The van der Waals surface area contributed by atoms with Gasteiger partial charge in [0, 0.05) is 6.42 Å². The maximum atomic E-state index is 13.9. The minimum Gasteiger partial charge on any atom is -0.239 e. The molecule has 1 aliphatic heterocycles. The molecule has 0 bridgehead atoms. The molecule has 1 aliphatic rings. The standard InChI is InChI=1S/C14H12FN3/c1-2-6-13-16-14-11(15)9-12(18(14)17-13)10-7-4-3-5-8-10/h3-5,7-8,11-12H,9H2,1H3. The molecule has 18 heavy (non-hydrogen) atoms. The minimum atomic E-state index is -1.06. The second kappa shape index (κ2) is 4.26. The van der Waals surface area contributed by atoms with Crippen molar-refractivity contribution in [3.05, 3.63) is 47.5 Å². The Kier molecular flexibility index (Phi) is 2.60. The van der Waals surface area contributed by atoms with Crippen molar-refractivity contribution in [3.8, 4) is 11.8 Å². The molecule has 0 N–H and O–H groups in total. The van der Waals surface area contributed by atoms with E-state index >= 15 is 0 Å². The summed E-state index contributed by atoms with van der Waals surface area (Å²) in [6.45, 7) is 1.72. The summed E-state index contributed by atoms with van der Waals surface area (Å²) in [6, 6.07) is 9.74. The average Bonchev–Trinajstić information content (AvgIpc) is 2.92. The molecule has 0 saturated carbocycles. The van der Waals surface area contributed by atoms with E-state index in [-0.39, 0.29) is 6.04 Å². The zero-order valence-electron chi connectivity index (χ0n) is 9.97. The molecule has 90 valence electrons. The van der Waals surface area contributed by atoms with Crippen LogP contribution in [0.4, 0.5) is 4.39 Å². The Bertz CT molecular complexity index is 621. The fourth-order valence-corrected chi connectivity index (χ4v) is 2.30. The van der Waals surface area contributed by atoms with Gasteiger partial charge in [0.05, 0.1) is 6.04 Å². The lowest BCUT2D eigenvalue weighted by molar-refractivity contribution is 0.328. The Morgan fingerprint density at radius 1 is 1.33 bits per heavy atom. The third-order valence-electron chi connectivity index (χ3n) is 3.08. The lowest BCUT2D eigenvalue weighted by Crippen LogP contribution is -2.07. The molecule has 0 aliphatic carbocycles. The van der Waals surface area contributed by atoms with E-state index in [9.17, 15) is 4.39 Å².